The third kappa shape index (κ3) is 3.27. The second kappa shape index (κ2) is 6.91. The molecule has 0 saturated carbocycles. The molecule has 2 N–H and O–H groups in total. The molecule has 2 aromatic rings. The van der Waals surface area contributed by atoms with Gasteiger partial charge in [-0.05, 0) is 43.1 Å². The number of hydrogen-bond donors (Lipinski definition) is 1. The van der Waals surface area contributed by atoms with Crippen molar-refractivity contribution in [3.63, 3.8) is 0 Å². The van der Waals surface area contributed by atoms with Gasteiger partial charge in [0.1, 0.15) is 6.61 Å². The van der Waals surface area contributed by atoms with Crippen LogP contribution in [0, 0.1) is 6.92 Å². The second-order valence-electron chi connectivity index (χ2n) is 4.54. The molecule has 2 rings (SSSR count). The van der Waals surface area contributed by atoms with Crippen molar-refractivity contribution in [3.05, 3.63) is 53.3 Å². The van der Waals surface area contributed by atoms with Crippen LogP contribution in [-0.4, -0.2) is 18.6 Å². The van der Waals surface area contributed by atoms with Crippen molar-refractivity contribution in [3.8, 4) is 11.5 Å². The topological polar surface area (TPSA) is 57.4 Å². The maximum absolute atomic E-state index is 5.94. The van der Waals surface area contributed by atoms with E-state index in [1.165, 1.54) is 0 Å². The summed E-state index contributed by atoms with van der Waals surface area (Å²) in [7, 11) is 1.64. The van der Waals surface area contributed by atoms with Crippen LogP contribution in [0.1, 0.15) is 16.8 Å². The average Bonchev–Trinajstić information content (AvgIpc) is 2.47. The normalized spacial score (nSPS) is 10.3. The largest absolute Gasteiger partial charge is 0.493 e. The van der Waals surface area contributed by atoms with Crippen LogP contribution < -0.4 is 15.2 Å². The third-order valence-electron chi connectivity index (χ3n) is 3.17. The van der Waals surface area contributed by atoms with Gasteiger partial charge in [-0.15, -0.1) is 0 Å². The van der Waals surface area contributed by atoms with Crippen LogP contribution in [0.5, 0.6) is 11.5 Å². The number of nitrogens with zero attached hydrogens (tertiary/aromatic N) is 1. The molecule has 4 heteroatoms. The Morgan fingerprint density at radius 2 is 2.05 bits per heavy atom. The highest BCUT2D eigenvalue weighted by Crippen LogP contribution is 2.32. The molecule has 0 amide bonds. The quantitative estimate of drug-likeness (QED) is 0.877. The fourth-order valence-corrected chi connectivity index (χ4v) is 2.05. The van der Waals surface area contributed by atoms with Crippen LogP contribution in [0.2, 0.25) is 0 Å². The Morgan fingerprint density at radius 3 is 2.75 bits per heavy atom. The lowest BCUT2D eigenvalue weighted by Crippen LogP contribution is -2.07. The van der Waals surface area contributed by atoms with E-state index >= 15 is 0 Å². The smallest absolute Gasteiger partial charge is 0.164 e. The van der Waals surface area contributed by atoms with Crippen molar-refractivity contribution in [1.82, 2.24) is 4.98 Å². The highest BCUT2D eigenvalue weighted by Gasteiger charge is 2.11. The average molecular weight is 272 g/mol. The van der Waals surface area contributed by atoms with E-state index in [0.717, 1.165) is 34.7 Å². The summed E-state index contributed by atoms with van der Waals surface area (Å²) >= 11 is 0. The first-order valence-electron chi connectivity index (χ1n) is 6.65. The van der Waals surface area contributed by atoms with Crippen LogP contribution in [0.4, 0.5) is 0 Å². The van der Waals surface area contributed by atoms with Crippen LogP contribution in [0.3, 0.4) is 0 Å². The summed E-state index contributed by atoms with van der Waals surface area (Å²) in [5.74, 6) is 1.48. The van der Waals surface area contributed by atoms with Crippen molar-refractivity contribution in [2.45, 2.75) is 20.0 Å². The number of methoxy groups -OCH3 is 1. The minimum Gasteiger partial charge on any atom is -0.493 e. The second-order valence-corrected chi connectivity index (χ2v) is 4.54. The minimum atomic E-state index is 0.421. The van der Waals surface area contributed by atoms with Crippen molar-refractivity contribution in [1.29, 1.82) is 0 Å². The lowest BCUT2D eigenvalue weighted by Gasteiger charge is -2.15. The number of pyridine rings is 1. The van der Waals surface area contributed by atoms with E-state index in [0.29, 0.717) is 13.2 Å². The SMILES string of the molecule is COc1cccc(CCN)c1OCc1ncccc1C. The van der Waals surface area contributed by atoms with Gasteiger partial charge in [0, 0.05) is 6.20 Å². The van der Waals surface area contributed by atoms with Gasteiger partial charge in [-0.3, -0.25) is 4.98 Å². The zero-order valence-electron chi connectivity index (χ0n) is 11.9. The lowest BCUT2D eigenvalue weighted by molar-refractivity contribution is 0.277. The summed E-state index contributed by atoms with van der Waals surface area (Å²) in [4.78, 5) is 4.33. The number of para-hydroxylation sites is 1. The standard InChI is InChI=1S/C16H20N2O2/c1-12-5-4-10-18-14(12)11-20-16-13(8-9-17)6-3-7-15(16)19-2/h3-7,10H,8-9,11,17H2,1-2H3. The van der Waals surface area contributed by atoms with E-state index in [9.17, 15) is 0 Å². The molecule has 0 aliphatic heterocycles. The number of hydrogen-bond acceptors (Lipinski definition) is 4. The van der Waals surface area contributed by atoms with Gasteiger partial charge in [-0.1, -0.05) is 18.2 Å². The van der Waals surface area contributed by atoms with Crippen molar-refractivity contribution in [2.75, 3.05) is 13.7 Å². The zero-order valence-corrected chi connectivity index (χ0v) is 11.9. The molecule has 1 aromatic carbocycles. The van der Waals surface area contributed by atoms with Crippen LogP contribution in [0.25, 0.3) is 0 Å². The molecule has 0 atom stereocenters. The third-order valence-corrected chi connectivity index (χ3v) is 3.17. The Bertz CT molecular complexity index is 570. The summed E-state index contributed by atoms with van der Waals surface area (Å²) < 4.78 is 11.3. The number of nitrogens with two attached hydrogens (primary N) is 1. The molecule has 0 aliphatic rings. The van der Waals surface area contributed by atoms with Gasteiger partial charge in [0.05, 0.1) is 12.8 Å². The molecule has 0 saturated heterocycles. The molecule has 0 fully saturated rings. The monoisotopic (exact) mass is 272 g/mol. The molecule has 106 valence electrons. The number of ether oxygens (including phenoxy) is 2. The molecule has 0 unspecified atom stereocenters. The predicted molar refractivity (Wildman–Crippen MR) is 79.1 cm³/mol. The van der Waals surface area contributed by atoms with E-state index < -0.39 is 0 Å². The van der Waals surface area contributed by atoms with Gasteiger partial charge in [0.25, 0.3) is 0 Å². The van der Waals surface area contributed by atoms with Gasteiger partial charge in [0.15, 0.2) is 11.5 Å². The Hall–Kier alpha value is -2.07. The zero-order chi connectivity index (χ0) is 14.4. The summed E-state index contributed by atoms with van der Waals surface area (Å²) in [6.45, 7) is 3.02. The number of aromatic nitrogens is 1. The fourth-order valence-electron chi connectivity index (χ4n) is 2.05. The van der Waals surface area contributed by atoms with Crippen LogP contribution in [0.15, 0.2) is 36.5 Å². The molecular formula is C16H20N2O2. The predicted octanol–water partition coefficient (Wildman–Crippen LogP) is 2.48. The molecule has 20 heavy (non-hydrogen) atoms. The van der Waals surface area contributed by atoms with Crippen molar-refractivity contribution < 1.29 is 9.47 Å². The number of aryl methyl sites for hydroxylation is 1. The first kappa shape index (κ1) is 14.3. The minimum absolute atomic E-state index is 0.421. The Labute approximate surface area is 119 Å². The molecule has 0 bridgehead atoms. The highest BCUT2D eigenvalue weighted by molar-refractivity contribution is 5.46. The van der Waals surface area contributed by atoms with E-state index in [1.807, 2.05) is 37.3 Å². The van der Waals surface area contributed by atoms with E-state index in [4.69, 9.17) is 15.2 Å². The summed E-state index contributed by atoms with van der Waals surface area (Å²) in [5, 5.41) is 0. The van der Waals surface area contributed by atoms with Crippen LogP contribution >= 0.6 is 0 Å². The lowest BCUT2D eigenvalue weighted by atomic mass is 10.1. The van der Waals surface area contributed by atoms with Gasteiger partial charge in [-0.25, -0.2) is 0 Å². The Kier molecular flexibility index (Phi) is 4.96. The molecule has 0 spiro atoms. The molecular weight excluding hydrogens is 252 g/mol. The van der Waals surface area contributed by atoms with E-state index in [-0.39, 0.29) is 0 Å². The van der Waals surface area contributed by atoms with Gasteiger partial charge >= 0.3 is 0 Å². The van der Waals surface area contributed by atoms with Crippen molar-refractivity contribution >= 4 is 0 Å². The number of rotatable bonds is 6. The van der Waals surface area contributed by atoms with Gasteiger partial charge in [0.2, 0.25) is 0 Å². The van der Waals surface area contributed by atoms with Gasteiger partial charge < -0.3 is 15.2 Å². The summed E-state index contributed by atoms with van der Waals surface area (Å²) in [6.07, 6.45) is 2.53. The molecule has 1 aromatic heterocycles. The Balaban J connectivity index is 2.21. The Morgan fingerprint density at radius 1 is 1.20 bits per heavy atom. The molecule has 0 aliphatic carbocycles. The highest BCUT2D eigenvalue weighted by atomic mass is 16.5. The van der Waals surface area contributed by atoms with Gasteiger partial charge in [-0.2, -0.15) is 0 Å². The summed E-state index contributed by atoms with van der Waals surface area (Å²) in [5.41, 5.74) is 8.74. The molecule has 0 radical (unpaired) electrons. The number of benzene rings is 1. The van der Waals surface area contributed by atoms with E-state index in [1.54, 1.807) is 13.3 Å². The fraction of sp³-hybridized carbons (Fsp3) is 0.312. The molecule has 4 nitrogen and oxygen atoms in total. The maximum atomic E-state index is 5.94. The summed E-state index contributed by atoms with van der Waals surface area (Å²) in [6, 6.07) is 9.79. The molecule has 1 heterocycles. The van der Waals surface area contributed by atoms with Crippen LogP contribution in [-0.2, 0) is 13.0 Å². The van der Waals surface area contributed by atoms with E-state index in [2.05, 4.69) is 4.98 Å². The first-order valence-corrected chi connectivity index (χ1v) is 6.65. The maximum Gasteiger partial charge on any atom is 0.164 e. The van der Waals surface area contributed by atoms with Crippen molar-refractivity contribution in [2.24, 2.45) is 5.73 Å². The first-order chi connectivity index (χ1) is 9.76.